The molecule has 0 fully saturated rings. The van der Waals surface area contributed by atoms with Crippen molar-refractivity contribution in [3.05, 3.63) is 5.32 Å². The topological polar surface area (TPSA) is 49.6 Å². The van der Waals surface area contributed by atoms with Gasteiger partial charge in [0.25, 0.3) is 0 Å². The van der Waals surface area contributed by atoms with Crippen LogP contribution in [0.5, 0.6) is 0 Å². The van der Waals surface area contributed by atoms with Crippen LogP contribution in [0.25, 0.3) is 5.32 Å². The minimum atomic E-state index is -0.259. The van der Waals surface area contributed by atoms with E-state index in [0.717, 1.165) is 13.0 Å². The Morgan fingerprint density at radius 1 is 0.769 bits per heavy atom. The third kappa shape index (κ3) is 19.7. The van der Waals surface area contributed by atoms with Crippen LogP contribution in [0.2, 0.25) is 0 Å². The summed E-state index contributed by atoms with van der Waals surface area (Å²) in [4.78, 5) is 10.8. The Kier molecular flexibility index (Phi) is 20.2. The molecule has 156 valence electrons. The molecule has 0 spiro atoms. The fourth-order valence-corrected chi connectivity index (χ4v) is 3.03. The summed E-state index contributed by atoms with van der Waals surface area (Å²) in [6.07, 6.45) is 19.2. The van der Waals surface area contributed by atoms with Crippen LogP contribution in [-0.4, -0.2) is 38.9 Å². The van der Waals surface area contributed by atoms with Crippen LogP contribution in [0.4, 0.5) is 0 Å². The van der Waals surface area contributed by atoms with E-state index in [9.17, 15) is 4.79 Å². The zero-order valence-corrected chi connectivity index (χ0v) is 17.8. The van der Waals surface area contributed by atoms with Gasteiger partial charge in [-0.2, -0.15) is 7.05 Å². The van der Waals surface area contributed by atoms with E-state index >= 15 is 0 Å². The van der Waals surface area contributed by atoms with E-state index < -0.39 is 0 Å². The number of hydrogen-bond acceptors (Lipinski definition) is 3. The van der Waals surface area contributed by atoms with Gasteiger partial charge in [0.1, 0.15) is 0 Å². The fraction of sp³-hybridized carbons (Fsp3) is 0.955. The van der Waals surface area contributed by atoms with Gasteiger partial charge in [0.15, 0.2) is 0 Å². The highest BCUT2D eigenvalue weighted by molar-refractivity contribution is 5.65. The van der Waals surface area contributed by atoms with Gasteiger partial charge in [-0.25, -0.2) is 0 Å². The van der Waals surface area contributed by atoms with Crippen LogP contribution in [0.15, 0.2) is 0 Å². The molecule has 0 N–H and O–H groups in total. The summed E-state index contributed by atoms with van der Waals surface area (Å²) < 4.78 is 10.6. The van der Waals surface area contributed by atoms with Crippen molar-refractivity contribution in [2.75, 3.05) is 26.9 Å². The molecule has 1 atom stereocenters. The van der Waals surface area contributed by atoms with Gasteiger partial charge in [-0.3, -0.25) is 4.79 Å². The van der Waals surface area contributed by atoms with Crippen molar-refractivity contribution in [1.82, 2.24) is 0 Å². The van der Waals surface area contributed by atoms with Crippen molar-refractivity contribution < 1.29 is 14.3 Å². The summed E-state index contributed by atoms with van der Waals surface area (Å²) in [5, 5.41) is 4.17. The summed E-state index contributed by atoms with van der Waals surface area (Å²) in [7, 11) is 1.74. The lowest BCUT2D eigenvalue weighted by atomic mass is 10.0. The molecule has 4 heteroatoms. The standard InChI is InChI=1S/C22H44NO3/c1-4-5-6-7-8-9-10-11-12-13-14-15-16-17-18-25-19-22(23-3)20-26-21(2)24/h22H,4-20H2,1-3H3/q-1. The average molecular weight is 371 g/mol. The number of unbranched alkanes of at least 4 members (excludes halogenated alkanes) is 13. The Morgan fingerprint density at radius 2 is 1.23 bits per heavy atom. The third-order valence-electron chi connectivity index (χ3n) is 4.80. The molecular formula is C22H44NO3-. The van der Waals surface area contributed by atoms with Crippen LogP contribution in [0, 0.1) is 0 Å². The fourth-order valence-electron chi connectivity index (χ4n) is 3.03. The first kappa shape index (κ1) is 25.4. The number of ether oxygens (including phenoxy) is 2. The quantitative estimate of drug-likeness (QED) is 0.183. The highest BCUT2D eigenvalue weighted by atomic mass is 16.5. The lowest BCUT2D eigenvalue weighted by Gasteiger charge is -2.26. The number of nitrogens with zero attached hydrogens (tertiary/aromatic N) is 1. The van der Waals surface area contributed by atoms with Crippen LogP contribution in [0.3, 0.4) is 0 Å². The molecule has 0 rings (SSSR count). The molecule has 0 aromatic heterocycles. The smallest absolute Gasteiger partial charge is 0.302 e. The van der Waals surface area contributed by atoms with E-state index in [1.807, 2.05) is 0 Å². The van der Waals surface area contributed by atoms with Gasteiger partial charge >= 0.3 is 5.97 Å². The van der Waals surface area contributed by atoms with Crippen LogP contribution in [0.1, 0.15) is 104 Å². The lowest BCUT2D eigenvalue weighted by Crippen LogP contribution is -2.22. The monoisotopic (exact) mass is 370 g/mol. The largest absolute Gasteiger partial charge is 0.658 e. The van der Waals surface area contributed by atoms with Crippen molar-refractivity contribution in [3.8, 4) is 0 Å². The Balaban J connectivity index is 3.18. The van der Waals surface area contributed by atoms with E-state index in [1.54, 1.807) is 7.05 Å². The van der Waals surface area contributed by atoms with Crippen LogP contribution < -0.4 is 0 Å². The summed E-state index contributed by atoms with van der Waals surface area (Å²) in [6, 6.07) is -0.0365. The Morgan fingerprint density at radius 3 is 1.65 bits per heavy atom. The maximum absolute atomic E-state index is 10.8. The molecule has 0 saturated carbocycles. The normalized spacial score (nSPS) is 12.3. The maximum atomic E-state index is 10.8. The molecule has 0 radical (unpaired) electrons. The first-order valence-electron chi connectivity index (χ1n) is 11.0. The highest BCUT2D eigenvalue weighted by Gasteiger charge is 2.00. The van der Waals surface area contributed by atoms with Gasteiger partial charge in [0.05, 0.1) is 6.61 Å². The SMILES string of the molecule is CCCCCCCCCCCCCCCCOCC(COC(C)=O)[N-]C. The second-order valence-electron chi connectivity index (χ2n) is 7.39. The molecule has 26 heavy (non-hydrogen) atoms. The molecule has 4 nitrogen and oxygen atoms in total. The summed E-state index contributed by atoms with van der Waals surface area (Å²) in [5.41, 5.74) is 0. The van der Waals surface area contributed by atoms with E-state index in [-0.39, 0.29) is 12.0 Å². The average Bonchev–Trinajstić information content (AvgIpc) is 2.63. The molecule has 0 saturated heterocycles. The molecule has 0 aliphatic rings. The van der Waals surface area contributed by atoms with Crippen molar-refractivity contribution in [3.63, 3.8) is 0 Å². The first-order chi connectivity index (χ1) is 12.7. The van der Waals surface area contributed by atoms with Crippen molar-refractivity contribution in [2.24, 2.45) is 0 Å². The summed E-state index contributed by atoms with van der Waals surface area (Å²) in [6.45, 7) is 5.35. The van der Waals surface area contributed by atoms with E-state index in [4.69, 9.17) is 9.47 Å². The third-order valence-corrected chi connectivity index (χ3v) is 4.80. The minimum Gasteiger partial charge on any atom is -0.658 e. The number of hydrogen-bond donors (Lipinski definition) is 0. The van der Waals surface area contributed by atoms with Crippen molar-refractivity contribution in [1.29, 1.82) is 0 Å². The molecule has 0 aliphatic carbocycles. The summed E-state index contributed by atoms with van der Waals surface area (Å²) in [5.74, 6) is -0.259. The highest BCUT2D eigenvalue weighted by Crippen LogP contribution is 2.13. The minimum absolute atomic E-state index is 0.0365. The lowest BCUT2D eigenvalue weighted by molar-refractivity contribution is -0.141. The number of carbonyl (C=O) groups excluding carboxylic acids is 1. The van der Waals surface area contributed by atoms with Crippen LogP contribution in [-0.2, 0) is 14.3 Å². The Labute approximate surface area is 162 Å². The van der Waals surface area contributed by atoms with E-state index in [1.165, 1.54) is 90.4 Å². The number of likely N-dealkylation sites (N-methyl/N-ethyl adjacent to an activating group) is 1. The number of rotatable bonds is 20. The zero-order valence-electron chi connectivity index (χ0n) is 17.8. The number of carbonyl (C=O) groups is 1. The van der Waals surface area contributed by atoms with Gasteiger partial charge in [-0.15, -0.1) is 0 Å². The number of esters is 1. The van der Waals surface area contributed by atoms with Gasteiger partial charge in [-0.1, -0.05) is 96.4 Å². The molecule has 0 aromatic rings. The Hall–Kier alpha value is -0.610. The molecule has 0 bridgehead atoms. The second-order valence-corrected chi connectivity index (χ2v) is 7.39. The maximum Gasteiger partial charge on any atom is 0.302 e. The zero-order chi connectivity index (χ0) is 19.3. The molecule has 0 aliphatic heterocycles. The van der Waals surface area contributed by atoms with Crippen molar-refractivity contribution in [2.45, 2.75) is 110 Å². The van der Waals surface area contributed by atoms with Gasteiger partial charge in [0.2, 0.25) is 0 Å². The Bertz CT molecular complexity index is 297. The molecular weight excluding hydrogens is 326 g/mol. The van der Waals surface area contributed by atoms with E-state index in [0.29, 0.717) is 13.2 Å². The van der Waals surface area contributed by atoms with Crippen LogP contribution >= 0.6 is 0 Å². The molecule has 1 unspecified atom stereocenters. The van der Waals surface area contributed by atoms with Gasteiger partial charge < -0.3 is 14.8 Å². The van der Waals surface area contributed by atoms with E-state index in [2.05, 4.69) is 12.2 Å². The second kappa shape index (κ2) is 20.7. The van der Waals surface area contributed by atoms with Gasteiger partial charge in [0, 0.05) is 20.1 Å². The van der Waals surface area contributed by atoms with Crippen molar-refractivity contribution >= 4 is 5.97 Å². The molecule has 0 amide bonds. The predicted octanol–water partition coefficient (Wildman–Crippen LogP) is 6.42. The predicted molar refractivity (Wildman–Crippen MR) is 111 cm³/mol. The molecule has 0 aromatic carbocycles. The van der Waals surface area contributed by atoms with Gasteiger partial charge in [-0.05, 0) is 6.42 Å². The summed E-state index contributed by atoms with van der Waals surface area (Å²) >= 11 is 0. The molecule has 0 heterocycles. The first-order valence-corrected chi connectivity index (χ1v) is 11.0.